The highest BCUT2D eigenvalue weighted by Gasteiger charge is 2.24. The quantitative estimate of drug-likeness (QED) is 0.0356. The standard InChI is InChI=1S/C33H66NO6P/c1-3-5-7-9-11-13-15-17-19-21-23-25-27-29-33(36)34-31(30-40-41(37,38)39)32(35)28-26-24-22-20-18-16-14-12-10-8-6-4-2/h26,28,31-32,35H,3-25,27,29-30H2,1-2H3,(H,34,36)(H2,37,38,39)/b28-26+/t31-,32+/m0/s1. The van der Waals surface area contributed by atoms with Crippen molar-refractivity contribution in [2.45, 2.75) is 187 Å². The van der Waals surface area contributed by atoms with Gasteiger partial charge in [0.05, 0.1) is 18.8 Å². The second-order valence-corrected chi connectivity index (χ2v) is 13.1. The monoisotopic (exact) mass is 603 g/mol. The van der Waals surface area contributed by atoms with E-state index in [4.69, 9.17) is 9.79 Å². The highest BCUT2D eigenvalue weighted by atomic mass is 31.2. The summed E-state index contributed by atoms with van der Waals surface area (Å²) < 4.78 is 15.8. The van der Waals surface area contributed by atoms with Crippen molar-refractivity contribution in [2.75, 3.05) is 6.61 Å². The summed E-state index contributed by atoms with van der Waals surface area (Å²) in [5.41, 5.74) is 0. The van der Waals surface area contributed by atoms with Crippen LogP contribution in [-0.4, -0.2) is 39.6 Å². The summed E-state index contributed by atoms with van der Waals surface area (Å²) in [7, 11) is -4.70. The topological polar surface area (TPSA) is 116 Å². The minimum Gasteiger partial charge on any atom is -0.387 e. The first-order valence-electron chi connectivity index (χ1n) is 17.1. The van der Waals surface area contributed by atoms with E-state index in [1.165, 1.54) is 116 Å². The molecular formula is C33H66NO6P. The van der Waals surface area contributed by atoms with Gasteiger partial charge in [-0.05, 0) is 19.3 Å². The molecule has 0 spiro atoms. The third-order valence-electron chi connectivity index (χ3n) is 7.75. The Bertz CT molecular complexity index is 654. The second-order valence-electron chi connectivity index (χ2n) is 11.8. The van der Waals surface area contributed by atoms with Gasteiger partial charge < -0.3 is 20.2 Å². The number of phosphoric ester groups is 1. The summed E-state index contributed by atoms with van der Waals surface area (Å²) in [6, 6.07) is -0.902. The molecule has 0 bridgehead atoms. The smallest absolute Gasteiger partial charge is 0.387 e. The van der Waals surface area contributed by atoms with Crippen LogP contribution in [0.4, 0.5) is 0 Å². The minimum atomic E-state index is -4.70. The van der Waals surface area contributed by atoms with Gasteiger partial charge in [-0.25, -0.2) is 4.57 Å². The maximum absolute atomic E-state index is 12.5. The Kier molecular flexibility index (Phi) is 28.8. The van der Waals surface area contributed by atoms with E-state index in [9.17, 15) is 14.5 Å². The summed E-state index contributed by atoms with van der Waals surface area (Å²) in [6.45, 7) is 4.04. The Morgan fingerprint density at radius 3 is 1.49 bits per heavy atom. The Hall–Kier alpha value is -0.720. The first-order valence-corrected chi connectivity index (χ1v) is 18.7. The Labute approximate surface area is 252 Å². The molecule has 0 rings (SSSR count). The number of aliphatic hydroxyl groups excluding tert-OH is 1. The molecule has 8 heteroatoms. The molecule has 0 saturated heterocycles. The molecule has 0 aliphatic rings. The zero-order chi connectivity index (χ0) is 30.4. The lowest BCUT2D eigenvalue weighted by Crippen LogP contribution is -2.45. The lowest BCUT2D eigenvalue weighted by atomic mass is 10.0. The summed E-state index contributed by atoms with van der Waals surface area (Å²) in [5.74, 6) is -0.227. The van der Waals surface area contributed by atoms with Gasteiger partial charge in [0.1, 0.15) is 0 Å². The third kappa shape index (κ3) is 30.5. The first-order chi connectivity index (χ1) is 19.8. The number of amides is 1. The van der Waals surface area contributed by atoms with E-state index >= 15 is 0 Å². The van der Waals surface area contributed by atoms with Crippen LogP contribution in [0.3, 0.4) is 0 Å². The largest absolute Gasteiger partial charge is 0.469 e. The maximum Gasteiger partial charge on any atom is 0.469 e. The summed E-state index contributed by atoms with van der Waals surface area (Å²) >= 11 is 0. The molecule has 0 aliphatic carbocycles. The first kappa shape index (κ1) is 40.3. The van der Waals surface area contributed by atoms with Crippen molar-refractivity contribution in [3.63, 3.8) is 0 Å². The highest BCUT2D eigenvalue weighted by Crippen LogP contribution is 2.35. The average molecular weight is 604 g/mol. The Balaban J connectivity index is 4.08. The van der Waals surface area contributed by atoms with Gasteiger partial charge in [0.15, 0.2) is 0 Å². The molecular weight excluding hydrogens is 537 g/mol. The molecule has 244 valence electrons. The normalized spacial score (nSPS) is 13.6. The molecule has 2 atom stereocenters. The fourth-order valence-electron chi connectivity index (χ4n) is 5.10. The number of carbonyl (C=O) groups excluding carboxylic acids is 1. The lowest BCUT2D eigenvalue weighted by molar-refractivity contribution is -0.123. The summed E-state index contributed by atoms with van der Waals surface area (Å²) in [5, 5.41) is 13.3. The van der Waals surface area contributed by atoms with Gasteiger partial charge in [-0.1, -0.05) is 161 Å². The van der Waals surface area contributed by atoms with Crippen LogP contribution in [0.2, 0.25) is 0 Å². The summed E-state index contributed by atoms with van der Waals surface area (Å²) in [4.78, 5) is 30.6. The molecule has 1 amide bonds. The number of rotatable bonds is 31. The molecule has 0 heterocycles. The minimum absolute atomic E-state index is 0.227. The lowest BCUT2D eigenvalue weighted by Gasteiger charge is -2.22. The highest BCUT2D eigenvalue weighted by molar-refractivity contribution is 7.46. The third-order valence-corrected chi connectivity index (χ3v) is 8.23. The number of hydrogen-bond acceptors (Lipinski definition) is 4. The number of unbranched alkanes of at least 4 members (excludes halogenated alkanes) is 22. The van der Waals surface area contributed by atoms with Crippen LogP contribution in [0.25, 0.3) is 0 Å². The van der Waals surface area contributed by atoms with Crippen molar-refractivity contribution in [3.05, 3.63) is 12.2 Å². The number of allylic oxidation sites excluding steroid dienone is 1. The number of hydrogen-bond donors (Lipinski definition) is 4. The van der Waals surface area contributed by atoms with Crippen molar-refractivity contribution >= 4 is 13.7 Å². The Morgan fingerprint density at radius 1 is 0.683 bits per heavy atom. The van der Waals surface area contributed by atoms with Crippen molar-refractivity contribution in [1.82, 2.24) is 5.32 Å². The van der Waals surface area contributed by atoms with Gasteiger partial charge in [-0.15, -0.1) is 0 Å². The molecule has 0 radical (unpaired) electrons. The second kappa shape index (κ2) is 29.4. The van der Waals surface area contributed by atoms with Crippen molar-refractivity contribution in [3.8, 4) is 0 Å². The zero-order valence-corrected chi connectivity index (χ0v) is 27.6. The fraction of sp³-hybridized carbons (Fsp3) is 0.909. The van der Waals surface area contributed by atoms with Crippen molar-refractivity contribution in [1.29, 1.82) is 0 Å². The average Bonchev–Trinajstić information content (AvgIpc) is 2.93. The fourth-order valence-corrected chi connectivity index (χ4v) is 5.46. The van der Waals surface area contributed by atoms with Crippen LogP contribution in [0.5, 0.6) is 0 Å². The molecule has 0 unspecified atom stereocenters. The summed E-state index contributed by atoms with van der Waals surface area (Å²) in [6.07, 6.45) is 32.2. The van der Waals surface area contributed by atoms with Gasteiger partial charge in [-0.2, -0.15) is 0 Å². The molecule has 4 N–H and O–H groups in total. The number of aliphatic hydroxyl groups is 1. The van der Waals surface area contributed by atoms with Gasteiger partial charge in [0, 0.05) is 6.42 Å². The van der Waals surface area contributed by atoms with Gasteiger partial charge in [-0.3, -0.25) is 9.32 Å². The van der Waals surface area contributed by atoms with Crippen LogP contribution in [-0.2, 0) is 13.9 Å². The predicted molar refractivity (Wildman–Crippen MR) is 172 cm³/mol. The number of nitrogens with one attached hydrogen (secondary N) is 1. The van der Waals surface area contributed by atoms with E-state index in [1.807, 2.05) is 6.08 Å². The van der Waals surface area contributed by atoms with E-state index in [2.05, 4.69) is 23.7 Å². The van der Waals surface area contributed by atoms with E-state index < -0.39 is 26.6 Å². The Morgan fingerprint density at radius 2 is 1.07 bits per heavy atom. The molecule has 41 heavy (non-hydrogen) atoms. The molecule has 0 aromatic carbocycles. The zero-order valence-electron chi connectivity index (χ0n) is 26.7. The SMILES string of the molecule is CCCCCCCCCCCC/C=C/[C@@H](O)[C@H](COP(=O)(O)O)NC(=O)CCCCCCCCCCCCCCC. The van der Waals surface area contributed by atoms with Crippen LogP contribution < -0.4 is 5.32 Å². The molecule has 0 fully saturated rings. The molecule has 7 nitrogen and oxygen atoms in total. The molecule has 0 aromatic rings. The van der Waals surface area contributed by atoms with Gasteiger partial charge in [0.25, 0.3) is 0 Å². The van der Waals surface area contributed by atoms with E-state index in [0.717, 1.165) is 38.5 Å². The van der Waals surface area contributed by atoms with Gasteiger partial charge in [0.2, 0.25) is 5.91 Å². The number of carbonyl (C=O) groups is 1. The van der Waals surface area contributed by atoms with Crippen LogP contribution in [0.1, 0.15) is 174 Å². The van der Waals surface area contributed by atoms with Crippen molar-refractivity contribution in [2.24, 2.45) is 0 Å². The molecule has 0 saturated carbocycles. The molecule has 0 aromatic heterocycles. The van der Waals surface area contributed by atoms with E-state index in [0.29, 0.717) is 6.42 Å². The van der Waals surface area contributed by atoms with Crippen LogP contribution >= 0.6 is 7.82 Å². The maximum atomic E-state index is 12.5. The van der Waals surface area contributed by atoms with Crippen LogP contribution in [0, 0.1) is 0 Å². The predicted octanol–water partition coefficient (Wildman–Crippen LogP) is 9.29. The molecule has 0 aliphatic heterocycles. The van der Waals surface area contributed by atoms with Crippen LogP contribution in [0.15, 0.2) is 12.2 Å². The van der Waals surface area contributed by atoms with E-state index in [-0.39, 0.29) is 5.91 Å². The van der Waals surface area contributed by atoms with Crippen molar-refractivity contribution < 1.29 is 28.8 Å². The van der Waals surface area contributed by atoms with Gasteiger partial charge >= 0.3 is 7.82 Å². The number of phosphoric acid groups is 1. The van der Waals surface area contributed by atoms with E-state index in [1.54, 1.807) is 6.08 Å².